The van der Waals surface area contributed by atoms with Crippen molar-refractivity contribution in [3.63, 3.8) is 0 Å². The lowest BCUT2D eigenvalue weighted by Crippen LogP contribution is -2.34. The van der Waals surface area contributed by atoms with Crippen molar-refractivity contribution >= 4 is 35.4 Å². The average Bonchev–Trinajstić information content (AvgIpc) is 3.19. The van der Waals surface area contributed by atoms with E-state index in [4.69, 9.17) is 14.3 Å². The van der Waals surface area contributed by atoms with Crippen LogP contribution in [0.4, 0.5) is 16.4 Å². The molecular weight excluding hydrogens is 396 g/mol. The van der Waals surface area contributed by atoms with Gasteiger partial charge in [0, 0.05) is 32.3 Å². The minimum absolute atomic E-state index is 0.0139. The van der Waals surface area contributed by atoms with Crippen LogP contribution in [-0.2, 0) is 16.6 Å². The minimum atomic E-state index is -1.25. The largest absolute Gasteiger partial charge is 0.475 e. The summed E-state index contributed by atoms with van der Waals surface area (Å²) in [5.41, 5.74) is -0.0286. The Hall–Kier alpha value is -3.76. The molecule has 11 heteroatoms. The molecule has 30 heavy (non-hydrogen) atoms. The number of ether oxygens (including phenoxy) is 1. The molecule has 11 nitrogen and oxygen atoms in total. The first-order chi connectivity index (χ1) is 13.9. The van der Waals surface area contributed by atoms with Crippen LogP contribution < -0.4 is 16.0 Å². The third-order valence-electron chi connectivity index (χ3n) is 3.60. The Balaban J connectivity index is 1.87. The lowest BCUT2D eigenvalue weighted by atomic mass is 10.2. The van der Waals surface area contributed by atoms with Gasteiger partial charge in [-0.2, -0.15) is 0 Å². The van der Waals surface area contributed by atoms with Crippen LogP contribution in [0.1, 0.15) is 48.2 Å². The molecule has 0 aliphatic heterocycles. The molecule has 0 bridgehead atoms. The highest BCUT2D eigenvalue weighted by atomic mass is 16.6. The van der Waals surface area contributed by atoms with Gasteiger partial charge in [-0.15, -0.1) is 0 Å². The zero-order valence-electron chi connectivity index (χ0n) is 17.1. The van der Waals surface area contributed by atoms with E-state index in [-0.39, 0.29) is 36.2 Å². The predicted molar refractivity (Wildman–Crippen MR) is 107 cm³/mol. The molecule has 0 fully saturated rings. The molecule has 0 aliphatic rings. The number of aromatic carboxylic acids is 1. The number of carboxylic acids is 1. The highest BCUT2D eigenvalue weighted by Crippen LogP contribution is 2.17. The van der Waals surface area contributed by atoms with Crippen molar-refractivity contribution in [2.45, 2.75) is 32.8 Å². The van der Waals surface area contributed by atoms with Crippen molar-refractivity contribution in [2.24, 2.45) is 7.05 Å². The van der Waals surface area contributed by atoms with Gasteiger partial charge in [0.2, 0.25) is 17.6 Å². The molecule has 0 aromatic carbocycles. The number of aryl methyl sites for hydroxylation is 1. The molecule has 2 aromatic rings. The lowest BCUT2D eigenvalue weighted by molar-refractivity contribution is -0.116. The van der Waals surface area contributed by atoms with Gasteiger partial charge in [0.1, 0.15) is 11.3 Å². The monoisotopic (exact) mass is 420 g/mol. The Kier molecular flexibility index (Phi) is 6.88. The van der Waals surface area contributed by atoms with Crippen molar-refractivity contribution in [1.29, 1.82) is 0 Å². The molecular formula is C19H24N4O7. The van der Waals surface area contributed by atoms with Crippen LogP contribution in [-0.4, -0.2) is 45.7 Å². The van der Waals surface area contributed by atoms with E-state index in [0.717, 1.165) is 0 Å². The highest BCUT2D eigenvalue weighted by Gasteiger charge is 2.18. The summed E-state index contributed by atoms with van der Waals surface area (Å²) in [5.74, 6) is -2.47. The summed E-state index contributed by atoms with van der Waals surface area (Å²) in [4.78, 5) is 46.8. The maximum absolute atomic E-state index is 12.4. The normalized spacial score (nSPS) is 10.9. The van der Waals surface area contributed by atoms with Gasteiger partial charge in [-0.05, 0) is 32.9 Å². The number of furan rings is 1. The summed E-state index contributed by atoms with van der Waals surface area (Å²) in [6.45, 7) is 5.30. The second-order valence-electron chi connectivity index (χ2n) is 7.37. The fourth-order valence-corrected chi connectivity index (χ4v) is 2.37. The Morgan fingerprint density at radius 3 is 2.47 bits per heavy atom. The van der Waals surface area contributed by atoms with Crippen LogP contribution in [0.2, 0.25) is 0 Å². The first kappa shape index (κ1) is 22.5. The summed E-state index contributed by atoms with van der Waals surface area (Å²) >= 11 is 0. The molecule has 2 aromatic heterocycles. The SMILES string of the molecule is Cn1cc(NC(=O)CCNC(=O)OC(C)(C)C)cc1C(=O)Nc1ccc(C(=O)O)o1. The minimum Gasteiger partial charge on any atom is -0.475 e. The lowest BCUT2D eigenvalue weighted by Gasteiger charge is -2.19. The van der Waals surface area contributed by atoms with Crippen molar-refractivity contribution in [3.8, 4) is 0 Å². The Morgan fingerprint density at radius 1 is 1.17 bits per heavy atom. The van der Waals surface area contributed by atoms with E-state index < -0.39 is 23.6 Å². The number of carbonyl (C=O) groups is 4. The quantitative estimate of drug-likeness (QED) is 0.537. The number of amides is 3. The molecule has 0 spiro atoms. The number of hydrogen-bond acceptors (Lipinski definition) is 6. The second kappa shape index (κ2) is 9.16. The maximum Gasteiger partial charge on any atom is 0.407 e. The maximum atomic E-state index is 12.4. The second-order valence-corrected chi connectivity index (χ2v) is 7.37. The van der Waals surface area contributed by atoms with E-state index in [9.17, 15) is 19.2 Å². The molecule has 0 atom stereocenters. The van der Waals surface area contributed by atoms with Crippen molar-refractivity contribution in [2.75, 3.05) is 17.2 Å². The number of carboxylic acid groups (broad SMARTS) is 1. The molecule has 3 amide bonds. The third kappa shape index (κ3) is 6.69. The summed E-state index contributed by atoms with van der Waals surface area (Å²) in [6, 6.07) is 4.00. The molecule has 2 heterocycles. The number of rotatable bonds is 7. The molecule has 0 radical (unpaired) electrons. The van der Waals surface area contributed by atoms with Crippen LogP contribution in [0.15, 0.2) is 28.8 Å². The predicted octanol–water partition coefficient (Wildman–Crippen LogP) is 2.42. The summed E-state index contributed by atoms with van der Waals surface area (Å²) in [7, 11) is 1.61. The van der Waals surface area contributed by atoms with Crippen molar-refractivity contribution < 1.29 is 33.4 Å². The highest BCUT2D eigenvalue weighted by molar-refractivity contribution is 6.04. The fraction of sp³-hybridized carbons (Fsp3) is 0.368. The number of anilines is 2. The standard InChI is InChI=1S/C19H24N4O7/c1-19(2,3)30-18(28)20-8-7-14(24)21-11-9-12(23(4)10-11)16(25)22-15-6-5-13(29-15)17(26)27/h5-6,9-10H,7-8H2,1-4H3,(H,20,28)(H,21,24)(H,22,25)(H,26,27). The Morgan fingerprint density at radius 2 is 1.87 bits per heavy atom. The van der Waals surface area contributed by atoms with Crippen molar-refractivity contribution in [1.82, 2.24) is 9.88 Å². The van der Waals surface area contributed by atoms with Gasteiger partial charge in [-0.3, -0.25) is 14.9 Å². The van der Waals surface area contributed by atoms with Crippen LogP contribution >= 0.6 is 0 Å². The van der Waals surface area contributed by atoms with Gasteiger partial charge in [0.05, 0.1) is 5.69 Å². The van der Waals surface area contributed by atoms with E-state index in [1.54, 1.807) is 34.0 Å². The third-order valence-corrected chi connectivity index (χ3v) is 3.60. The summed E-state index contributed by atoms with van der Waals surface area (Å²) < 4.78 is 11.6. The first-order valence-electron chi connectivity index (χ1n) is 9.02. The number of nitrogens with zero attached hydrogens (tertiary/aromatic N) is 1. The smallest absolute Gasteiger partial charge is 0.407 e. The molecule has 0 aliphatic carbocycles. The number of carbonyl (C=O) groups excluding carboxylic acids is 3. The number of hydrogen-bond donors (Lipinski definition) is 4. The number of alkyl carbamates (subject to hydrolysis) is 1. The van der Waals surface area contributed by atoms with Gasteiger partial charge in [-0.25, -0.2) is 9.59 Å². The zero-order valence-corrected chi connectivity index (χ0v) is 17.1. The average molecular weight is 420 g/mol. The first-order valence-corrected chi connectivity index (χ1v) is 9.02. The van der Waals surface area contributed by atoms with E-state index in [1.807, 2.05) is 0 Å². The van der Waals surface area contributed by atoms with E-state index in [0.29, 0.717) is 5.69 Å². The van der Waals surface area contributed by atoms with Gasteiger partial charge in [0.25, 0.3) is 5.91 Å². The molecule has 4 N–H and O–H groups in total. The molecule has 0 saturated heterocycles. The molecule has 0 saturated carbocycles. The van der Waals surface area contributed by atoms with Crippen LogP contribution in [0.5, 0.6) is 0 Å². The van der Waals surface area contributed by atoms with E-state index >= 15 is 0 Å². The summed E-state index contributed by atoms with van der Waals surface area (Å²) in [5, 5.41) is 16.4. The van der Waals surface area contributed by atoms with Gasteiger partial charge in [0.15, 0.2) is 0 Å². The van der Waals surface area contributed by atoms with E-state index in [1.165, 1.54) is 22.8 Å². The van der Waals surface area contributed by atoms with E-state index in [2.05, 4.69) is 16.0 Å². The number of aromatic nitrogens is 1. The fourth-order valence-electron chi connectivity index (χ4n) is 2.37. The molecule has 0 unspecified atom stereocenters. The summed E-state index contributed by atoms with van der Waals surface area (Å²) in [6.07, 6.45) is 0.942. The zero-order chi connectivity index (χ0) is 22.5. The van der Waals surface area contributed by atoms with Gasteiger partial charge < -0.3 is 29.5 Å². The van der Waals surface area contributed by atoms with Gasteiger partial charge in [-0.1, -0.05) is 0 Å². The van der Waals surface area contributed by atoms with Gasteiger partial charge >= 0.3 is 12.1 Å². The Bertz CT molecular complexity index is 952. The number of nitrogens with one attached hydrogen (secondary N) is 3. The van der Waals surface area contributed by atoms with Crippen molar-refractivity contribution in [3.05, 3.63) is 35.9 Å². The molecule has 162 valence electrons. The van der Waals surface area contributed by atoms with Crippen LogP contribution in [0.3, 0.4) is 0 Å². The topological polar surface area (TPSA) is 152 Å². The Labute approximate surface area is 172 Å². The molecule has 2 rings (SSSR count). The van der Waals surface area contributed by atoms with Crippen LogP contribution in [0, 0.1) is 0 Å². The van der Waals surface area contributed by atoms with Crippen LogP contribution in [0.25, 0.3) is 0 Å².